The first kappa shape index (κ1) is 27.6. The molecule has 0 unspecified atom stereocenters. The largest absolute Gasteiger partial charge is 0.240 e. The number of hydrogen-bond acceptors (Lipinski definition) is 2. The first-order valence-electron chi connectivity index (χ1n) is 13.5. The topological polar surface area (TPSA) is 46.2 Å². The van der Waals surface area contributed by atoms with Crippen LogP contribution in [0.25, 0.3) is 0 Å². The Morgan fingerprint density at radius 3 is 1.89 bits per heavy atom. The average Bonchev–Trinajstić information content (AvgIpc) is 2.90. The van der Waals surface area contributed by atoms with Crippen LogP contribution in [0.2, 0.25) is 11.1 Å². The van der Waals surface area contributed by atoms with Crippen molar-refractivity contribution in [1.82, 2.24) is 4.72 Å². The van der Waals surface area contributed by atoms with Crippen molar-refractivity contribution in [1.29, 1.82) is 0 Å². The summed E-state index contributed by atoms with van der Waals surface area (Å²) < 4.78 is 29.7. The first-order valence-corrected chi connectivity index (χ1v) is 17.2. The van der Waals surface area contributed by atoms with E-state index in [0.717, 1.165) is 24.4 Å². The Morgan fingerprint density at radius 2 is 1.41 bits per heavy atom. The second kappa shape index (κ2) is 11.5. The van der Waals surface area contributed by atoms with Crippen LogP contribution in [0.3, 0.4) is 0 Å². The van der Waals surface area contributed by atoms with Crippen LogP contribution in [0.5, 0.6) is 0 Å². The van der Waals surface area contributed by atoms with Crippen LogP contribution in [0.4, 0.5) is 0 Å². The van der Waals surface area contributed by atoms with E-state index < -0.39 is 18.1 Å². The quantitative estimate of drug-likeness (QED) is 0.255. The van der Waals surface area contributed by atoms with Gasteiger partial charge >= 0.3 is 0 Å². The van der Waals surface area contributed by atoms with Crippen LogP contribution in [0, 0.1) is 12.8 Å². The van der Waals surface area contributed by atoms with Crippen LogP contribution < -0.4 is 15.1 Å². The molecule has 5 heteroatoms. The molecule has 0 aromatic heterocycles. The Kier molecular flexibility index (Phi) is 8.57. The fourth-order valence-electron chi connectivity index (χ4n) is 5.97. The Labute approximate surface area is 225 Å². The highest BCUT2D eigenvalue weighted by Crippen LogP contribution is 2.42. The zero-order valence-corrected chi connectivity index (χ0v) is 24.5. The number of benzene rings is 3. The molecule has 37 heavy (non-hydrogen) atoms. The number of rotatable bonds is 9. The summed E-state index contributed by atoms with van der Waals surface area (Å²) in [6.07, 6.45) is 6.91. The van der Waals surface area contributed by atoms with Gasteiger partial charge in [-0.15, -0.1) is 0 Å². The van der Waals surface area contributed by atoms with Gasteiger partial charge in [0, 0.05) is 6.54 Å². The predicted molar refractivity (Wildman–Crippen MR) is 159 cm³/mol. The lowest BCUT2D eigenvalue weighted by Gasteiger charge is -2.46. The summed E-state index contributed by atoms with van der Waals surface area (Å²) in [5, 5.41) is 2.85. The van der Waals surface area contributed by atoms with Crippen LogP contribution in [0.1, 0.15) is 52.0 Å². The highest BCUT2D eigenvalue weighted by atomic mass is 32.2. The molecule has 0 heterocycles. The summed E-state index contributed by atoms with van der Waals surface area (Å²) in [6.45, 7) is 9.53. The van der Waals surface area contributed by atoms with Gasteiger partial charge < -0.3 is 0 Å². The smallest absolute Gasteiger partial charge is 0.211 e. The van der Waals surface area contributed by atoms with Gasteiger partial charge in [-0.1, -0.05) is 121 Å². The second-order valence-corrected chi connectivity index (χ2v) is 18.1. The third-order valence-corrected chi connectivity index (χ3v) is 15.8. The highest BCUT2D eigenvalue weighted by molar-refractivity contribution is 7.89. The Bertz CT molecular complexity index is 1250. The number of allylic oxidation sites excluding steroid dienone is 1. The van der Waals surface area contributed by atoms with E-state index in [2.05, 4.69) is 92.2 Å². The molecule has 196 valence electrons. The molecule has 1 aliphatic carbocycles. The van der Waals surface area contributed by atoms with E-state index in [1.165, 1.54) is 28.8 Å². The van der Waals surface area contributed by atoms with Gasteiger partial charge in [0.25, 0.3) is 0 Å². The van der Waals surface area contributed by atoms with Crippen LogP contribution >= 0.6 is 0 Å². The SMILES string of the molecule is Cc1ccc(S(=O)(=O)NC[C@@H](C[Si](c2ccccc2)(c2ccccc2)C(C)(C)C)C2=CCCCC2)cc1. The molecule has 0 amide bonds. The predicted octanol–water partition coefficient (Wildman–Crippen LogP) is 6.45. The molecule has 4 rings (SSSR count). The normalized spacial score (nSPS) is 15.7. The van der Waals surface area contributed by atoms with E-state index in [-0.39, 0.29) is 11.0 Å². The highest BCUT2D eigenvalue weighted by Gasteiger charge is 2.49. The second-order valence-electron chi connectivity index (χ2n) is 11.5. The lowest BCUT2D eigenvalue weighted by molar-refractivity contribution is 0.542. The van der Waals surface area contributed by atoms with E-state index in [1.54, 1.807) is 12.1 Å². The van der Waals surface area contributed by atoms with Crippen LogP contribution in [-0.4, -0.2) is 23.0 Å². The molecule has 3 aromatic carbocycles. The standard InChI is InChI=1S/C32H41NO2SSi/c1-26-20-22-29(23-21-26)36(34,35)33-24-28(27-14-8-5-9-15-27)25-37(32(2,3)4,30-16-10-6-11-17-30)31-18-12-7-13-19-31/h6-7,10-14,16-23,28,33H,5,8-9,15,24-25H2,1-4H3/t28-/m0/s1. The van der Waals surface area contributed by atoms with Gasteiger partial charge in [0.05, 0.1) is 4.90 Å². The maximum Gasteiger partial charge on any atom is 0.240 e. The van der Waals surface area contributed by atoms with Gasteiger partial charge in [-0.2, -0.15) is 0 Å². The Hall–Kier alpha value is -2.47. The van der Waals surface area contributed by atoms with Crippen molar-refractivity contribution in [3.8, 4) is 0 Å². The third-order valence-electron chi connectivity index (χ3n) is 8.07. The van der Waals surface area contributed by atoms with Crippen molar-refractivity contribution in [3.05, 3.63) is 102 Å². The molecule has 0 spiro atoms. The Balaban J connectivity index is 1.77. The van der Waals surface area contributed by atoms with Crippen molar-refractivity contribution in [3.63, 3.8) is 0 Å². The van der Waals surface area contributed by atoms with Crippen molar-refractivity contribution >= 4 is 28.5 Å². The molecular formula is C32H41NO2SSi. The summed E-state index contributed by atoms with van der Waals surface area (Å²) in [5.41, 5.74) is 2.47. The van der Waals surface area contributed by atoms with E-state index in [9.17, 15) is 8.42 Å². The first-order chi connectivity index (χ1) is 17.6. The van der Waals surface area contributed by atoms with E-state index in [0.29, 0.717) is 11.4 Å². The molecule has 3 nitrogen and oxygen atoms in total. The molecule has 1 N–H and O–H groups in total. The molecule has 0 fully saturated rings. The summed E-state index contributed by atoms with van der Waals surface area (Å²) in [6, 6.07) is 30.1. The lowest BCUT2D eigenvalue weighted by Crippen LogP contribution is -2.65. The van der Waals surface area contributed by atoms with Gasteiger partial charge in [0.1, 0.15) is 8.07 Å². The molecule has 0 aliphatic heterocycles. The molecule has 1 aliphatic rings. The fraction of sp³-hybridized carbons (Fsp3) is 0.375. The van der Waals surface area contributed by atoms with Gasteiger partial charge in [0.15, 0.2) is 0 Å². The van der Waals surface area contributed by atoms with Crippen LogP contribution in [-0.2, 0) is 10.0 Å². The number of nitrogens with one attached hydrogen (secondary N) is 1. The monoisotopic (exact) mass is 531 g/mol. The molecular weight excluding hydrogens is 491 g/mol. The number of sulfonamides is 1. The molecule has 1 atom stereocenters. The van der Waals surface area contributed by atoms with Crippen molar-refractivity contribution in [2.45, 2.75) is 69.4 Å². The third kappa shape index (κ3) is 6.16. The molecule has 0 saturated carbocycles. The van der Waals surface area contributed by atoms with Gasteiger partial charge in [-0.3, -0.25) is 0 Å². The average molecular weight is 532 g/mol. The summed E-state index contributed by atoms with van der Waals surface area (Å²) >= 11 is 0. The maximum atomic E-state index is 13.3. The van der Waals surface area contributed by atoms with Crippen molar-refractivity contribution < 1.29 is 8.42 Å². The lowest BCUT2D eigenvalue weighted by atomic mass is 9.90. The molecule has 0 bridgehead atoms. The van der Waals surface area contributed by atoms with Gasteiger partial charge in [-0.25, -0.2) is 13.1 Å². The van der Waals surface area contributed by atoms with E-state index in [4.69, 9.17) is 0 Å². The van der Waals surface area contributed by atoms with Crippen LogP contribution in [0.15, 0.2) is 101 Å². The maximum absolute atomic E-state index is 13.3. The van der Waals surface area contributed by atoms with Gasteiger partial charge in [-0.05, 0) is 61.7 Å². The number of hydrogen-bond donors (Lipinski definition) is 1. The summed E-state index contributed by atoms with van der Waals surface area (Å²) in [7, 11) is -5.95. The summed E-state index contributed by atoms with van der Waals surface area (Å²) in [4.78, 5) is 0.333. The fourth-order valence-corrected chi connectivity index (χ4v) is 12.9. The van der Waals surface area contributed by atoms with Crippen molar-refractivity contribution in [2.24, 2.45) is 5.92 Å². The zero-order valence-electron chi connectivity index (χ0n) is 22.7. The minimum absolute atomic E-state index is 0.0268. The molecule has 0 saturated heterocycles. The summed E-state index contributed by atoms with van der Waals surface area (Å²) in [5.74, 6) is 0.145. The van der Waals surface area contributed by atoms with E-state index in [1.807, 2.05) is 19.1 Å². The number of aryl methyl sites for hydroxylation is 1. The molecule has 0 radical (unpaired) electrons. The van der Waals surface area contributed by atoms with Crippen molar-refractivity contribution in [2.75, 3.05) is 6.54 Å². The Morgan fingerprint density at radius 1 is 0.838 bits per heavy atom. The van der Waals surface area contributed by atoms with Gasteiger partial charge in [0.2, 0.25) is 10.0 Å². The minimum atomic E-state index is -3.59. The molecule has 3 aromatic rings. The minimum Gasteiger partial charge on any atom is -0.211 e. The van der Waals surface area contributed by atoms with E-state index >= 15 is 0 Å². The zero-order chi connectivity index (χ0) is 26.5.